The summed E-state index contributed by atoms with van der Waals surface area (Å²) in [6.07, 6.45) is 1.42. The van der Waals surface area contributed by atoms with Crippen molar-refractivity contribution < 1.29 is 9.53 Å². The second kappa shape index (κ2) is 7.61. The molecule has 6 heteroatoms. The third-order valence-corrected chi connectivity index (χ3v) is 4.91. The van der Waals surface area contributed by atoms with Crippen LogP contribution in [0.15, 0.2) is 54.6 Å². The molecule has 1 N–H and O–H groups in total. The molecule has 6 nitrogen and oxygen atoms in total. The number of benzene rings is 2. The number of rotatable bonds is 3. The normalized spacial score (nSPS) is 14.9. The molecule has 1 aliphatic heterocycles. The number of nitrogens with one attached hydrogen (secondary N) is 1. The minimum atomic E-state index is -0.262. The van der Waals surface area contributed by atoms with Gasteiger partial charge in [-0.05, 0) is 18.9 Å². The highest BCUT2D eigenvalue weighted by Gasteiger charge is 2.24. The maximum absolute atomic E-state index is 11.6. The van der Waals surface area contributed by atoms with Gasteiger partial charge < -0.3 is 15.0 Å². The lowest BCUT2D eigenvalue weighted by Gasteiger charge is -2.31. The molecule has 1 aliphatic rings. The molecule has 0 aliphatic carbocycles. The first-order valence-corrected chi connectivity index (χ1v) is 9.16. The summed E-state index contributed by atoms with van der Waals surface area (Å²) < 4.78 is 4.80. The van der Waals surface area contributed by atoms with Crippen molar-refractivity contribution in [3.8, 4) is 11.3 Å². The number of ether oxygens (including phenoxy) is 1. The van der Waals surface area contributed by atoms with E-state index in [2.05, 4.69) is 23.5 Å². The monoisotopic (exact) mass is 362 g/mol. The number of likely N-dealkylation sites (tertiary alicyclic amines) is 1. The smallest absolute Gasteiger partial charge is 0.409 e. The van der Waals surface area contributed by atoms with Gasteiger partial charge in [-0.3, -0.25) is 0 Å². The van der Waals surface area contributed by atoms with Gasteiger partial charge in [-0.2, -0.15) is 0 Å². The summed E-state index contributed by atoms with van der Waals surface area (Å²) in [5, 5.41) is 4.50. The molecule has 0 bridgehead atoms. The Balaban J connectivity index is 1.59. The van der Waals surface area contributed by atoms with Crippen LogP contribution in [0.5, 0.6) is 0 Å². The molecule has 2 aromatic carbocycles. The molecule has 0 spiro atoms. The minimum absolute atomic E-state index is 0.232. The van der Waals surface area contributed by atoms with E-state index < -0.39 is 0 Å². The molecule has 0 radical (unpaired) electrons. The number of para-hydroxylation sites is 1. The Hall–Kier alpha value is -3.15. The van der Waals surface area contributed by atoms with Crippen LogP contribution in [0.1, 0.15) is 12.8 Å². The van der Waals surface area contributed by atoms with Crippen LogP contribution in [-0.2, 0) is 4.74 Å². The number of fused-ring (bicyclic) bond motifs is 1. The summed E-state index contributed by atoms with van der Waals surface area (Å²) in [7, 11) is 1.42. The van der Waals surface area contributed by atoms with Crippen molar-refractivity contribution in [1.82, 2.24) is 14.9 Å². The lowest BCUT2D eigenvalue weighted by atomic mass is 10.1. The number of piperidine rings is 1. The van der Waals surface area contributed by atoms with Crippen LogP contribution >= 0.6 is 0 Å². The Bertz CT molecular complexity index is 937. The quantitative estimate of drug-likeness (QED) is 0.764. The van der Waals surface area contributed by atoms with Crippen LogP contribution < -0.4 is 5.32 Å². The van der Waals surface area contributed by atoms with E-state index in [-0.39, 0.29) is 12.1 Å². The molecular weight excluding hydrogens is 340 g/mol. The Labute approximate surface area is 158 Å². The zero-order chi connectivity index (χ0) is 18.6. The number of hydrogen-bond acceptors (Lipinski definition) is 5. The van der Waals surface area contributed by atoms with Gasteiger partial charge in [-0.25, -0.2) is 14.8 Å². The van der Waals surface area contributed by atoms with Gasteiger partial charge in [0.1, 0.15) is 0 Å². The fourth-order valence-electron chi connectivity index (χ4n) is 3.48. The van der Waals surface area contributed by atoms with E-state index in [1.54, 1.807) is 4.90 Å². The number of amides is 1. The van der Waals surface area contributed by atoms with E-state index in [9.17, 15) is 4.79 Å². The highest BCUT2D eigenvalue weighted by atomic mass is 16.5. The van der Waals surface area contributed by atoms with Crippen LogP contribution in [0.2, 0.25) is 0 Å². The van der Waals surface area contributed by atoms with Crippen LogP contribution in [0.4, 0.5) is 10.7 Å². The SMILES string of the molecule is COC(=O)N1CCC(Nc2nc(-c3ccccc3)c3ccccc3n2)CC1. The topological polar surface area (TPSA) is 67.3 Å². The van der Waals surface area contributed by atoms with Gasteiger partial charge in [0.2, 0.25) is 5.95 Å². The molecule has 138 valence electrons. The third-order valence-electron chi connectivity index (χ3n) is 4.91. The number of hydrogen-bond donors (Lipinski definition) is 1. The zero-order valence-electron chi connectivity index (χ0n) is 15.3. The molecule has 4 rings (SSSR count). The number of aromatic nitrogens is 2. The second-order valence-electron chi connectivity index (χ2n) is 6.65. The van der Waals surface area contributed by atoms with Crippen molar-refractivity contribution in [3.63, 3.8) is 0 Å². The fourth-order valence-corrected chi connectivity index (χ4v) is 3.48. The predicted molar refractivity (Wildman–Crippen MR) is 106 cm³/mol. The van der Waals surface area contributed by atoms with E-state index in [1.165, 1.54) is 7.11 Å². The number of methoxy groups -OCH3 is 1. The molecule has 0 atom stereocenters. The average molecular weight is 362 g/mol. The van der Waals surface area contributed by atoms with Crippen molar-refractivity contribution in [2.45, 2.75) is 18.9 Å². The van der Waals surface area contributed by atoms with E-state index in [0.717, 1.165) is 35.0 Å². The molecule has 3 aromatic rings. The largest absolute Gasteiger partial charge is 0.453 e. The highest BCUT2D eigenvalue weighted by molar-refractivity contribution is 5.93. The molecule has 0 unspecified atom stereocenters. The standard InChI is InChI=1S/C21H22N4O2/c1-27-21(26)25-13-11-16(12-14-25)22-20-23-18-10-6-5-9-17(18)19(24-20)15-7-3-2-4-8-15/h2-10,16H,11-14H2,1H3,(H,22,23,24). The van der Waals surface area contributed by atoms with Crippen LogP contribution in [-0.4, -0.2) is 47.2 Å². The van der Waals surface area contributed by atoms with Crippen molar-refractivity contribution in [3.05, 3.63) is 54.6 Å². The van der Waals surface area contributed by atoms with Gasteiger partial charge >= 0.3 is 6.09 Å². The van der Waals surface area contributed by atoms with Crippen LogP contribution in [0, 0.1) is 0 Å². The van der Waals surface area contributed by atoms with Gasteiger partial charge in [0.25, 0.3) is 0 Å². The van der Waals surface area contributed by atoms with Crippen molar-refractivity contribution >= 4 is 22.9 Å². The molecular formula is C21H22N4O2. The summed E-state index contributed by atoms with van der Waals surface area (Å²) in [5.41, 5.74) is 2.91. The lowest BCUT2D eigenvalue weighted by molar-refractivity contribution is 0.113. The Morgan fingerprint density at radius 2 is 1.74 bits per heavy atom. The minimum Gasteiger partial charge on any atom is -0.453 e. The van der Waals surface area contributed by atoms with Gasteiger partial charge in [-0.15, -0.1) is 0 Å². The van der Waals surface area contributed by atoms with Gasteiger partial charge in [0.05, 0.1) is 18.3 Å². The first-order chi connectivity index (χ1) is 13.2. The second-order valence-corrected chi connectivity index (χ2v) is 6.65. The Morgan fingerprint density at radius 1 is 1.04 bits per heavy atom. The van der Waals surface area contributed by atoms with Crippen LogP contribution in [0.25, 0.3) is 22.2 Å². The summed E-state index contributed by atoms with van der Waals surface area (Å²) in [6, 6.07) is 18.4. The molecule has 1 saturated heterocycles. The lowest BCUT2D eigenvalue weighted by Crippen LogP contribution is -2.42. The van der Waals surface area contributed by atoms with Gasteiger partial charge in [0.15, 0.2) is 0 Å². The number of nitrogens with zero attached hydrogens (tertiary/aromatic N) is 3. The predicted octanol–water partition coefficient (Wildman–Crippen LogP) is 3.94. The number of carbonyl (C=O) groups excluding carboxylic acids is 1. The van der Waals surface area contributed by atoms with Gasteiger partial charge in [-0.1, -0.05) is 48.5 Å². The van der Waals surface area contributed by atoms with Crippen molar-refractivity contribution in [2.24, 2.45) is 0 Å². The summed E-state index contributed by atoms with van der Waals surface area (Å²) in [6.45, 7) is 1.34. The Morgan fingerprint density at radius 3 is 2.48 bits per heavy atom. The summed E-state index contributed by atoms with van der Waals surface area (Å²) >= 11 is 0. The first-order valence-electron chi connectivity index (χ1n) is 9.16. The molecule has 1 fully saturated rings. The van der Waals surface area contributed by atoms with Gasteiger partial charge in [0, 0.05) is 30.1 Å². The molecule has 1 aromatic heterocycles. The summed E-state index contributed by atoms with van der Waals surface area (Å²) in [4.78, 5) is 22.9. The van der Waals surface area contributed by atoms with E-state index in [0.29, 0.717) is 19.0 Å². The fraction of sp³-hybridized carbons (Fsp3) is 0.286. The van der Waals surface area contributed by atoms with E-state index in [1.807, 2.05) is 36.4 Å². The highest BCUT2D eigenvalue weighted by Crippen LogP contribution is 2.27. The Kier molecular flexibility index (Phi) is 4.87. The molecule has 2 heterocycles. The molecule has 1 amide bonds. The molecule has 0 saturated carbocycles. The maximum Gasteiger partial charge on any atom is 0.409 e. The van der Waals surface area contributed by atoms with Crippen LogP contribution in [0.3, 0.4) is 0 Å². The summed E-state index contributed by atoms with van der Waals surface area (Å²) in [5.74, 6) is 0.629. The van der Waals surface area contributed by atoms with Crippen molar-refractivity contribution in [2.75, 3.05) is 25.5 Å². The molecule has 27 heavy (non-hydrogen) atoms. The number of anilines is 1. The van der Waals surface area contributed by atoms with E-state index >= 15 is 0 Å². The van der Waals surface area contributed by atoms with Crippen molar-refractivity contribution in [1.29, 1.82) is 0 Å². The number of carbonyl (C=O) groups is 1. The third kappa shape index (κ3) is 3.69. The average Bonchev–Trinajstić information content (AvgIpc) is 2.74. The maximum atomic E-state index is 11.6. The van der Waals surface area contributed by atoms with E-state index in [4.69, 9.17) is 14.7 Å². The zero-order valence-corrected chi connectivity index (χ0v) is 15.3. The first kappa shape index (κ1) is 17.3.